The van der Waals surface area contributed by atoms with Crippen LogP contribution in [0.5, 0.6) is 5.75 Å². The van der Waals surface area contributed by atoms with E-state index < -0.39 is 5.82 Å². The molecule has 2 aromatic rings. The minimum atomic E-state index is -0.486. The van der Waals surface area contributed by atoms with Crippen LogP contribution in [0, 0.1) is 5.82 Å². The summed E-state index contributed by atoms with van der Waals surface area (Å²) in [6.07, 6.45) is 0. The summed E-state index contributed by atoms with van der Waals surface area (Å²) >= 11 is 0. The van der Waals surface area contributed by atoms with Gasteiger partial charge in [-0.05, 0) is 36.4 Å². The predicted octanol–water partition coefficient (Wildman–Crippen LogP) is 2.68. The van der Waals surface area contributed by atoms with E-state index >= 15 is 0 Å². The number of hydrogen-bond donors (Lipinski definition) is 1. The fourth-order valence-electron chi connectivity index (χ4n) is 2.48. The molecule has 0 aromatic heterocycles. The van der Waals surface area contributed by atoms with Crippen LogP contribution in [0.3, 0.4) is 0 Å². The van der Waals surface area contributed by atoms with Gasteiger partial charge in [0, 0.05) is 24.5 Å². The standard InChI is InChI=1S/C18H19FN2O3/c19-16-3-1-2-4-17(16)24-13-18(22)20-14-5-7-15(8-6-14)21-9-11-23-12-10-21/h1-8H,9-13H2,(H,20,22). The Kier molecular flexibility index (Phi) is 5.28. The van der Waals surface area contributed by atoms with E-state index in [1.165, 1.54) is 12.1 Å². The van der Waals surface area contributed by atoms with E-state index in [1.807, 2.05) is 24.3 Å². The van der Waals surface area contributed by atoms with Crippen LogP contribution in [0.25, 0.3) is 0 Å². The van der Waals surface area contributed by atoms with Crippen LogP contribution >= 0.6 is 0 Å². The van der Waals surface area contributed by atoms with Crippen LogP contribution in [0.2, 0.25) is 0 Å². The molecule has 0 unspecified atom stereocenters. The Morgan fingerprint density at radius 2 is 1.83 bits per heavy atom. The second-order valence-corrected chi connectivity index (χ2v) is 5.41. The van der Waals surface area contributed by atoms with Gasteiger partial charge in [-0.1, -0.05) is 12.1 Å². The number of morpholine rings is 1. The van der Waals surface area contributed by atoms with Gasteiger partial charge >= 0.3 is 0 Å². The molecule has 0 radical (unpaired) electrons. The number of halogens is 1. The summed E-state index contributed by atoms with van der Waals surface area (Å²) in [5.74, 6) is -0.757. The van der Waals surface area contributed by atoms with Gasteiger partial charge in [0.2, 0.25) is 0 Å². The Labute approximate surface area is 140 Å². The molecule has 6 heteroatoms. The minimum Gasteiger partial charge on any atom is -0.481 e. The zero-order valence-electron chi connectivity index (χ0n) is 13.2. The maximum atomic E-state index is 13.4. The Balaban J connectivity index is 1.52. The number of carbonyl (C=O) groups excluding carboxylic acids is 1. The number of para-hydroxylation sites is 1. The summed E-state index contributed by atoms with van der Waals surface area (Å²) in [4.78, 5) is 14.1. The molecule has 1 amide bonds. The molecular weight excluding hydrogens is 311 g/mol. The zero-order chi connectivity index (χ0) is 16.8. The molecule has 2 aromatic carbocycles. The average molecular weight is 330 g/mol. The smallest absolute Gasteiger partial charge is 0.262 e. The number of anilines is 2. The lowest BCUT2D eigenvalue weighted by molar-refractivity contribution is -0.118. The number of ether oxygens (including phenoxy) is 2. The zero-order valence-corrected chi connectivity index (χ0v) is 13.2. The van der Waals surface area contributed by atoms with Crippen LogP contribution in [0.1, 0.15) is 0 Å². The van der Waals surface area contributed by atoms with Crippen molar-refractivity contribution in [2.75, 3.05) is 43.1 Å². The Bertz CT molecular complexity index is 685. The maximum Gasteiger partial charge on any atom is 0.262 e. The summed E-state index contributed by atoms with van der Waals surface area (Å²) in [5, 5.41) is 2.73. The quantitative estimate of drug-likeness (QED) is 0.916. The van der Waals surface area contributed by atoms with Gasteiger partial charge in [0.1, 0.15) is 0 Å². The number of amides is 1. The molecule has 126 valence electrons. The van der Waals surface area contributed by atoms with Crippen LogP contribution in [0.15, 0.2) is 48.5 Å². The highest BCUT2D eigenvalue weighted by atomic mass is 19.1. The summed E-state index contributed by atoms with van der Waals surface area (Å²) < 4.78 is 23.9. The van der Waals surface area contributed by atoms with E-state index in [4.69, 9.17) is 9.47 Å². The van der Waals surface area contributed by atoms with Crippen molar-refractivity contribution in [3.05, 3.63) is 54.3 Å². The molecule has 0 spiro atoms. The molecule has 24 heavy (non-hydrogen) atoms. The molecule has 5 nitrogen and oxygen atoms in total. The summed E-state index contributed by atoms with van der Waals surface area (Å²) in [5.41, 5.74) is 1.77. The third-order valence-corrected chi connectivity index (χ3v) is 3.72. The molecule has 0 aliphatic carbocycles. The lowest BCUT2D eigenvalue weighted by atomic mass is 10.2. The summed E-state index contributed by atoms with van der Waals surface area (Å²) in [7, 11) is 0. The average Bonchev–Trinajstić information content (AvgIpc) is 2.62. The molecule has 1 aliphatic heterocycles. The van der Waals surface area contributed by atoms with Crippen molar-refractivity contribution in [3.63, 3.8) is 0 Å². The van der Waals surface area contributed by atoms with Gasteiger partial charge in [0.25, 0.3) is 5.91 Å². The van der Waals surface area contributed by atoms with E-state index in [0.29, 0.717) is 5.69 Å². The van der Waals surface area contributed by atoms with E-state index in [0.717, 1.165) is 32.0 Å². The van der Waals surface area contributed by atoms with Gasteiger partial charge in [-0.15, -0.1) is 0 Å². The number of carbonyl (C=O) groups is 1. The topological polar surface area (TPSA) is 50.8 Å². The second-order valence-electron chi connectivity index (χ2n) is 5.41. The molecule has 1 fully saturated rings. The fourth-order valence-corrected chi connectivity index (χ4v) is 2.48. The number of nitrogens with one attached hydrogen (secondary N) is 1. The number of benzene rings is 2. The molecule has 1 heterocycles. The molecule has 1 N–H and O–H groups in total. The fraction of sp³-hybridized carbons (Fsp3) is 0.278. The van der Waals surface area contributed by atoms with Crippen molar-refractivity contribution in [2.45, 2.75) is 0 Å². The lowest BCUT2D eigenvalue weighted by Crippen LogP contribution is -2.36. The Morgan fingerprint density at radius 1 is 1.12 bits per heavy atom. The van der Waals surface area contributed by atoms with Crippen molar-refractivity contribution in [1.82, 2.24) is 0 Å². The summed E-state index contributed by atoms with van der Waals surface area (Å²) in [6.45, 7) is 2.94. The first-order chi connectivity index (χ1) is 11.7. The highest BCUT2D eigenvalue weighted by Gasteiger charge is 2.11. The van der Waals surface area contributed by atoms with Gasteiger partial charge in [0.05, 0.1) is 13.2 Å². The molecule has 0 saturated carbocycles. The molecule has 0 atom stereocenters. The number of hydrogen-bond acceptors (Lipinski definition) is 4. The molecule has 0 bridgehead atoms. The number of rotatable bonds is 5. The van der Waals surface area contributed by atoms with Gasteiger partial charge in [-0.25, -0.2) is 4.39 Å². The Morgan fingerprint density at radius 3 is 2.54 bits per heavy atom. The maximum absolute atomic E-state index is 13.4. The second kappa shape index (κ2) is 7.79. The van der Waals surface area contributed by atoms with Gasteiger partial charge in [-0.2, -0.15) is 0 Å². The SMILES string of the molecule is O=C(COc1ccccc1F)Nc1ccc(N2CCOCC2)cc1. The summed E-state index contributed by atoms with van der Waals surface area (Å²) in [6, 6.07) is 13.6. The van der Waals surface area contributed by atoms with Crippen LogP contribution in [-0.2, 0) is 9.53 Å². The van der Waals surface area contributed by atoms with Crippen molar-refractivity contribution < 1.29 is 18.7 Å². The minimum absolute atomic E-state index is 0.0651. The third-order valence-electron chi connectivity index (χ3n) is 3.72. The van der Waals surface area contributed by atoms with E-state index in [2.05, 4.69) is 10.2 Å². The first-order valence-electron chi connectivity index (χ1n) is 7.82. The molecule has 1 aliphatic rings. The van der Waals surface area contributed by atoms with E-state index in [-0.39, 0.29) is 18.3 Å². The van der Waals surface area contributed by atoms with Crippen LogP contribution < -0.4 is 15.0 Å². The molecular formula is C18H19FN2O3. The van der Waals surface area contributed by atoms with Crippen molar-refractivity contribution in [1.29, 1.82) is 0 Å². The first kappa shape index (κ1) is 16.3. The number of nitrogens with zero attached hydrogens (tertiary/aromatic N) is 1. The monoisotopic (exact) mass is 330 g/mol. The lowest BCUT2D eigenvalue weighted by Gasteiger charge is -2.28. The van der Waals surface area contributed by atoms with Gasteiger partial charge < -0.3 is 19.7 Å². The van der Waals surface area contributed by atoms with Crippen molar-refractivity contribution >= 4 is 17.3 Å². The highest BCUT2D eigenvalue weighted by Crippen LogP contribution is 2.19. The first-order valence-corrected chi connectivity index (χ1v) is 7.82. The van der Waals surface area contributed by atoms with Crippen molar-refractivity contribution in [3.8, 4) is 5.75 Å². The highest BCUT2D eigenvalue weighted by molar-refractivity contribution is 5.92. The molecule has 1 saturated heterocycles. The van der Waals surface area contributed by atoms with Gasteiger partial charge in [-0.3, -0.25) is 4.79 Å². The van der Waals surface area contributed by atoms with Crippen molar-refractivity contribution in [2.24, 2.45) is 0 Å². The normalized spacial score (nSPS) is 14.3. The van der Waals surface area contributed by atoms with Crippen LogP contribution in [-0.4, -0.2) is 38.8 Å². The predicted molar refractivity (Wildman–Crippen MR) is 90.0 cm³/mol. The van der Waals surface area contributed by atoms with Crippen LogP contribution in [0.4, 0.5) is 15.8 Å². The third kappa shape index (κ3) is 4.23. The van der Waals surface area contributed by atoms with Gasteiger partial charge in [0.15, 0.2) is 18.2 Å². The molecule has 3 rings (SSSR count). The van der Waals surface area contributed by atoms with E-state index in [1.54, 1.807) is 12.1 Å². The largest absolute Gasteiger partial charge is 0.481 e. The Hall–Kier alpha value is -2.60. The van der Waals surface area contributed by atoms with E-state index in [9.17, 15) is 9.18 Å².